The number of pyridine rings is 1. The highest BCUT2D eigenvalue weighted by Crippen LogP contribution is 2.29. The SMILES string of the molecule is Cc1cc(NC(=O)CN2CCN(c3cc(C)c(C#N)c4nc5ccccc5n34)CC2)no1. The predicted octanol–water partition coefficient (Wildman–Crippen LogP) is 2.72. The minimum absolute atomic E-state index is 0.107. The molecule has 0 radical (unpaired) electrons. The summed E-state index contributed by atoms with van der Waals surface area (Å²) >= 11 is 0. The molecule has 32 heavy (non-hydrogen) atoms. The van der Waals surface area contributed by atoms with Gasteiger partial charge in [-0.25, -0.2) is 4.98 Å². The first-order valence-corrected chi connectivity index (χ1v) is 10.5. The van der Waals surface area contributed by atoms with Gasteiger partial charge in [0.25, 0.3) is 0 Å². The monoisotopic (exact) mass is 429 g/mol. The molecule has 0 unspecified atom stereocenters. The molecule has 1 aliphatic heterocycles. The number of hydrogen-bond donors (Lipinski definition) is 1. The summed E-state index contributed by atoms with van der Waals surface area (Å²) in [5.41, 5.74) is 4.06. The number of piperazine rings is 1. The Morgan fingerprint density at radius 1 is 1.19 bits per heavy atom. The van der Waals surface area contributed by atoms with E-state index in [0.717, 1.165) is 48.6 Å². The van der Waals surface area contributed by atoms with Crippen LogP contribution in [0.2, 0.25) is 0 Å². The Morgan fingerprint density at radius 2 is 1.97 bits per heavy atom. The lowest BCUT2D eigenvalue weighted by Gasteiger charge is -2.36. The van der Waals surface area contributed by atoms with E-state index in [4.69, 9.17) is 9.51 Å². The lowest BCUT2D eigenvalue weighted by molar-refractivity contribution is -0.117. The average molecular weight is 429 g/mol. The summed E-state index contributed by atoms with van der Waals surface area (Å²) < 4.78 is 7.07. The van der Waals surface area contributed by atoms with E-state index in [9.17, 15) is 10.1 Å². The van der Waals surface area contributed by atoms with Crippen LogP contribution in [0.15, 0.2) is 40.9 Å². The molecule has 4 heterocycles. The molecule has 1 fully saturated rings. The van der Waals surface area contributed by atoms with Crippen LogP contribution in [0.1, 0.15) is 16.9 Å². The third-order valence-electron chi connectivity index (χ3n) is 5.82. The number of para-hydroxylation sites is 2. The van der Waals surface area contributed by atoms with Gasteiger partial charge in [-0.2, -0.15) is 5.26 Å². The third kappa shape index (κ3) is 3.55. The number of carbonyl (C=O) groups excluding carboxylic acids is 1. The van der Waals surface area contributed by atoms with Crippen molar-refractivity contribution in [2.45, 2.75) is 13.8 Å². The molecule has 1 amide bonds. The predicted molar refractivity (Wildman–Crippen MR) is 121 cm³/mol. The van der Waals surface area contributed by atoms with Gasteiger partial charge in [-0.15, -0.1) is 0 Å². The Hall–Kier alpha value is -3.90. The number of aromatic nitrogens is 3. The first-order chi connectivity index (χ1) is 15.5. The number of fused-ring (bicyclic) bond motifs is 3. The fourth-order valence-electron chi connectivity index (χ4n) is 4.25. The van der Waals surface area contributed by atoms with Crippen molar-refractivity contribution in [1.29, 1.82) is 5.26 Å². The van der Waals surface area contributed by atoms with E-state index in [1.54, 1.807) is 13.0 Å². The Kier molecular flexibility index (Phi) is 4.99. The Balaban J connectivity index is 1.36. The summed E-state index contributed by atoms with van der Waals surface area (Å²) in [5.74, 6) is 2.01. The zero-order valence-electron chi connectivity index (χ0n) is 18.0. The molecule has 1 saturated heterocycles. The molecular weight excluding hydrogens is 406 g/mol. The summed E-state index contributed by atoms with van der Waals surface area (Å²) in [4.78, 5) is 21.5. The van der Waals surface area contributed by atoms with Gasteiger partial charge in [-0.1, -0.05) is 17.3 Å². The van der Waals surface area contributed by atoms with Crippen LogP contribution in [0.3, 0.4) is 0 Å². The van der Waals surface area contributed by atoms with Crippen LogP contribution in [-0.4, -0.2) is 58.1 Å². The first kappa shape index (κ1) is 20.0. The summed E-state index contributed by atoms with van der Waals surface area (Å²) in [5, 5.41) is 16.3. The molecule has 5 rings (SSSR count). The summed E-state index contributed by atoms with van der Waals surface area (Å²) in [6.07, 6.45) is 0. The van der Waals surface area contributed by atoms with Crippen molar-refractivity contribution >= 4 is 34.2 Å². The van der Waals surface area contributed by atoms with Crippen molar-refractivity contribution in [3.05, 3.63) is 53.3 Å². The Bertz CT molecular complexity index is 1360. The van der Waals surface area contributed by atoms with Crippen LogP contribution in [0.4, 0.5) is 11.6 Å². The minimum Gasteiger partial charge on any atom is -0.360 e. The van der Waals surface area contributed by atoms with E-state index < -0.39 is 0 Å². The highest BCUT2D eigenvalue weighted by Gasteiger charge is 2.23. The number of nitriles is 1. The minimum atomic E-state index is -0.107. The maximum atomic E-state index is 12.4. The molecule has 1 aromatic carbocycles. The molecule has 162 valence electrons. The molecule has 0 atom stereocenters. The summed E-state index contributed by atoms with van der Waals surface area (Å²) in [6.45, 7) is 7.07. The van der Waals surface area contributed by atoms with Gasteiger partial charge in [0.15, 0.2) is 11.5 Å². The zero-order valence-corrected chi connectivity index (χ0v) is 18.0. The molecule has 9 nitrogen and oxygen atoms in total. The zero-order chi connectivity index (χ0) is 22.2. The van der Waals surface area contributed by atoms with Crippen LogP contribution >= 0.6 is 0 Å². The molecular formula is C23H23N7O2. The highest BCUT2D eigenvalue weighted by atomic mass is 16.5. The Morgan fingerprint density at radius 3 is 2.69 bits per heavy atom. The molecule has 4 aromatic rings. The van der Waals surface area contributed by atoms with Crippen molar-refractivity contribution in [3.63, 3.8) is 0 Å². The topological polar surface area (TPSA) is 103 Å². The van der Waals surface area contributed by atoms with Gasteiger partial charge in [-0.05, 0) is 37.6 Å². The van der Waals surface area contributed by atoms with Crippen LogP contribution in [0, 0.1) is 25.2 Å². The molecule has 0 aliphatic carbocycles. The van der Waals surface area contributed by atoms with Crippen molar-refractivity contribution in [2.24, 2.45) is 0 Å². The lowest BCUT2D eigenvalue weighted by atomic mass is 10.1. The molecule has 3 aromatic heterocycles. The molecule has 9 heteroatoms. The van der Waals surface area contributed by atoms with Crippen LogP contribution in [0.5, 0.6) is 0 Å². The van der Waals surface area contributed by atoms with Gasteiger partial charge in [0.1, 0.15) is 17.6 Å². The first-order valence-electron chi connectivity index (χ1n) is 10.5. The lowest BCUT2D eigenvalue weighted by Crippen LogP contribution is -2.49. The van der Waals surface area contributed by atoms with Crippen LogP contribution in [-0.2, 0) is 4.79 Å². The molecule has 0 spiro atoms. The second-order valence-corrected chi connectivity index (χ2v) is 8.07. The standard InChI is InChI=1S/C23H23N7O2/c1-15-11-22(30-19-6-4-3-5-18(19)25-23(30)17(15)13-24)29-9-7-28(8-10-29)14-21(31)26-20-12-16(2)32-27-20/h3-6,11-12H,7-10,14H2,1-2H3,(H,26,27,31). The number of aryl methyl sites for hydroxylation is 2. The van der Waals surface area contributed by atoms with E-state index in [0.29, 0.717) is 29.3 Å². The van der Waals surface area contributed by atoms with Crippen molar-refractivity contribution in [3.8, 4) is 6.07 Å². The van der Waals surface area contributed by atoms with E-state index >= 15 is 0 Å². The number of benzene rings is 1. The molecule has 1 aliphatic rings. The number of imidazole rings is 1. The van der Waals surface area contributed by atoms with Gasteiger partial charge < -0.3 is 14.7 Å². The molecule has 1 N–H and O–H groups in total. The quantitative estimate of drug-likeness (QED) is 0.532. The average Bonchev–Trinajstić information content (AvgIpc) is 3.37. The number of nitrogens with zero attached hydrogens (tertiary/aromatic N) is 6. The maximum Gasteiger partial charge on any atom is 0.239 e. The number of rotatable bonds is 4. The van der Waals surface area contributed by atoms with Gasteiger partial charge in [-0.3, -0.25) is 14.1 Å². The van der Waals surface area contributed by atoms with Gasteiger partial charge in [0.05, 0.1) is 23.1 Å². The van der Waals surface area contributed by atoms with E-state index in [1.165, 1.54) is 0 Å². The second kappa shape index (κ2) is 7.98. The number of anilines is 2. The van der Waals surface area contributed by atoms with Gasteiger partial charge >= 0.3 is 0 Å². The number of hydrogen-bond acceptors (Lipinski definition) is 7. The van der Waals surface area contributed by atoms with E-state index in [-0.39, 0.29) is 5.91 Å². The van der Waals surface area contributed by atoms with Gasteiger partial charge in [0, 0.05) is 32.2 Å². The summed E-state index contributed by atoms with van der Waals surface area (Å²) in [6, 6.07) is 14.0. The highest BCUT2D eigenvalue weighted by molar-refractivity contribution is 5.91. The second-order valence-electron chi connectivity index (χ2n) is 8.07. The smallest absolute Gasteiger partial charge is 0.239 e. The van der Waals surface area contributed by atoms with Crippen LogP contribution in [0.25, 0.3) is 16.7 Å². The Labute approximate surface area is 184 Å². The van der Waals surface area contributed by atoms with Crippen molar-refractivity contribution < 1.29 is 9.32 Å². The van der Waals surface area contributed by atoms with Gasteiger partial charge in [0.2, 0.25) is 5.91 Å². The molecule has 0 saturated carbocycles. The maximum absolute atomic E-state index is 12.4. The third-order valence-corrected chi connectivity index (χ3v) is 5.82. The van der Waals surface area contributed by atoms with E-state index in [1.807, 2.05) is 31.2 Å². The van der Waals surface area contributed by atoms with Crippen molar-refractivity contribution in [2.75, 3.05) is 42.9 Å². The fourth-order valence-corrected chi connectivity index (χ4v) is 4.25. The molecule has 0 bridgehead atoms. The normalized spacial score (nSPS) is 14.7. The largest absolute Gasteiger partial charge is 0.360 e. The van der Waals surface area contributed by atoms with E-state index in [2.05, 4.69) is 36.8 Å². The number of nitrogens with one attached hydrogen (secondary N) is 1. The van der Waals surface area contributed by atoms with Crippen molar-refractivity contribution in [1.82, 2.24) is 19.4 Å². The number of carbonyl (C=O) groups is 1. The fraction of sp³-hybridized carbons (Fsp3) is 0.304. The van der Waals surface area contributed by atoms with Crippen LogP contribution < -0.4 is 10.2 Å². The summed E-state index contributed by atoms with van der Waals surface area (Å²) in [7, 11) is 0. The number of amides is 1.